The number of carbonyl (C=O) groups excluding carboxylic acids is 2. The van der Waals surface area contributed by atoms with Gasteiger partial charge in [-0.3, -0.25) is 19.8 Å². The summed E-state index contributed by atoms with van der Waals surface area (Å²) in [7, 11) is 0. The van der Waals surface area contributed by atoms with Crippen molar-refractivity contribution in [1.29, 1.82) is 0 Å². The maximum atomic E-state index is 13.2. The van der Waals surface area contributed by atoms with Gasteiger partial charge in [0.2, 0.25) is 0 Å². The highest BCUT2D eigenvalue weighted by atomic mass is 79.9. The fraction of sp³-hybridized carbons (Fsp3) is 0.0455. The summed E-state index contributed by atoms with van der Waals surface area (Å²) in [5, 5.41) is 3.52. The molecule has 1 aromatic heterocycles. The lowest BCUT2D eigenvalue weighted by atomic mass is 10.1. The number of halogens is 3. The first kappa shape index (κ1) is 21.8. The maximum Gasteiger partial charge on any atom is 0.270 e. The summed E-state index contributed by atoms with van der Waals surface area (Å²) in [6.07, 6.45) is 1.38. The lowest BCUT2D eigenvalue weighted by molar-refractivity contribution is -0.122. The molecule has 1 fully saturated rings. The van der Waals surface area contributed by atoms with E-state index in [1.807, 2.05) is 13.0 Å². The second-order valence-corrected chi connectivity index (χ2v) is 8.86. The summed E-state index contributed by atoms with van der Waals surface area (Å²) >= 11 is 20.8. The first-order chi connectivity index (χ1) is 14.7. The molecule has 0 spiro atoms. The van der Waals surface area contributed by atoms with E-state index in [1.54, 1.807) is 42.5 Å². The minimum atomic E-state index is -0.594. The SMILES string of the molecule is Cc1cc(Br)ccc1N1C(=O)/C(=C\c2ccc(-c3ccc(Cl)cc3Cl)o2)C(=O)NC1=S. The monoisotopic (exact) mass is 534 g/mol. The van der Waals surface area contributed by atoms with Gasteiger partial charge < -0.3 is 4.42 Å². The molecule has 2 heterocycles. The lowest BCUT2D eigenvalue weighted by Crippen LogP contribution is -2.54. The van der Waals surface area contributed by atoms with Crippen molar-refractivity contribution < 1.29 is 14.0 Å². The smallest absolute Gasteiger partial charge is 0.270 e. The van der Waals surface area contributed by atoms with Crippen LogP contribution in [0.25, 0.3) is 17.4 Å². The molecule has 156 valence electrons. The second-order valence-electron chi connectivity index (χ2n) is 6.71. The van der Waals surface area contributed by atoms with Crippen LogP contribution in [0.4, 0.5) is 5.69 Å². The first-order valence-corrected chi connectivity index (χ1v) is 10.9. The van der Waals surface area contributed by atoms with Gasteiger partial charge in [0, 0.05) is 15.1 Å². The van der Waals surface area contributed by atoms with Crippen LogP contribution in [-0.4, -0.2) is 16.9 Å². The third-order valence-corrected chi connectivity index (χ3v) is 5.94. The molecular formula is C22H13BrCl2N2O3S. The summed E-state index contributed by atoms with van der Waals surface area (Å²) < 4.78 is 6.67. The number of rotatable bonds is 3. The van der Waals surface area contributed by atoms with Gasteiger partial charge in [0.25, 0.3) is 11.8 Å². The standard InChI is InChI=1S/C22H13BrCl2N2O3S/c1-11-8-12(23)2-6-18(11)27-21(29)16(20(28)26-22(27)31)10-14-4-7-19(30-14)15-5-3-13(24)9-17(15)25/h2-10H,1H3,(H,26,28,31)/b16-10-. The van der Waals surface area contributed by atoms with Crippen molar-refractivity contribution in [3.63, 3.8) is 0 Å². The third kappa shape index (κ3) is 4.32. The Kier molecular flexibility index (Phi) is 6.03. The Morgan fingerprint density at radius 2 is 1.87 bits per heavy atom. The fourth-order valence-electron chi connectivity index (χ4n) is 3.15. The molecule has 1 N–H and O–H groups in total. The van der Waals surface area contributed by atoms with Crippen LogP contribution in [0, 0.1) is 6.92 Å². The van der Waals surface area contributed by atoms with Gasteiger partial charge in [-0.25, -0.2) is 0 Å². The first-order valence-electron chi connectivity index (χ1n) is 8.97. The van der Waals surface area contributed by atoms with E-state index in [0.29, 0.717) is 32.8 Å². The molecule has 0 radical (unpaired) electrons. The molecule has 2 amide bonds. The number of benzene rings is 2. The Bertz CT molecular complexity index is 1290. The van der Waals surface area contributed by atoms with Crippen molar-refractivity contribution in [2.24, 2.45) is 0 Å². The van der Waals surface area contributed by atoms with Gasteiger partial charge in [-0.2, -0.15) is 0 Å². The number of aryl methyl sites for hydroxylation is 1. The average Bonchev–Trinajstić information content (AvgIpc) is 3.15. The summed E-state index contributed by atoms with van der Waals surface area (Å²) in [5.41, 5.74) is 1.94. The predicted octanol–water partition coefficient (Wildman–Crippen LogP) is 6.16. The van der Waals surface area contributed by atoms with E-state index in [2.05, 4.69) is 21.2 Å². The molecule has 0 unspecified atom stereocenters. The van der Waals surface area contributed by atoms with Crippen LogP contribution >= 0.6 is 51.3 Å². The molecule has 5 nitrogen and oxygen atoms in total. The molecule has 2 aromatic carbocycles. The molecule has 0 atom stereocenters. The van der Waals surface area contributed by atoms with E-state index in [1.165, 1.54) is 11.0 Å². The van der Waals surface area contributed by atoms with Crippen LogP contribution in [0.1, 0.15) is 11.3 Å². The van der Waals surface area contributed by atoms with Crippen LogP contribution < -0.4 is 10.2 Å². The fourth-order valence-corrected chi connectivity index (χ4v) is 4.40. The Balaban J connectivity index is 1.70. The summed E-state index contributed by atoms with van der Waals surface area (Å²) in [5.74, 6) is -0.335. The zero-order valence-corrected chi connectivity index (χ0v) is 19.8. The van der Waals surface area contributed by atoms with Crippen LogP contribution in [0.5, 0.6) is 0 Å². The number of furan rings is 1. The van der Waals surface area contributed by atoms with Gasteiger partial charge in [-0.1, -0.05) is 39.1 Å². The lowest BCUT2D eigenvalue weighted by Gasteiger charge is -2.29. The van der Waals surface area contributed by atoms with Gasteiger partial charge in [-0.15, -0.1) is 0 Å². The van der Waals surface area contributed by atoms with Crippen LogP contribution in [0.2, 0.25) is 10.0 Å². The molecular weight excluding hydrogens is 523 g/mol. The van der Waals surface area contributed by atoms with Crippen molar-refractivity contribution in [2.75, 3.05) is 4.90 Å². The van der Waals surface area contributed by atoms with Crippen molar-refractivity contribution in [2.45, 2.75) is 6.92 Å². The van der Waals surface area contributed by atoms with E-state index in [-0.39, 0.29) is 10.7 Å². The Morgan fingerprint density at radius 1 is 1.10 bits per heavy atom. The van der Waals surface area contributed by atoms with E-state index in [0.717, 1.165) is 10.0 Å². The number of hydrogen-bond acceptors (Lipinski definition) is 4. The third-order valence-electron chi connectivity index (χ3n) is 4.61. The van der Waals surface area contributed by atoms with Gasteiger partial charge in [0.05, 0.1) is 10.7 Å². The molecule has 4 rings (SSSR count). The Labute approximate surface area is 201 Å². The Morgan fingerprint density at radius 3 is 2.58 bits per heavy atom. The van der Waals surface area contributed by atoms with E-state index < -0.39 is 11.8 Å². The van der Waals surface area contributed by atoms with Gasteiger partial charge in [-0.05, 0) is 79.3 Å². The highest BCUT2D eigenvalue weighted by molar-refractivity contribution is 9.10. The Hall–Kier alpha value is -2.45. The minimum Gasteiger partial charge on any atom is -0.457 e. The molecule has 31 heavy (non-hydrogen) atoms. The molecule has 1 saturated heterocycles. The summed E-state index contributed by atoms with van der Waals surface area (Å²) in [4.78, 5) is 27.0. The number of amides is 2. The van der Waals surface area contributed by atoms with Crippen LogP contribution in [0.3, 0.4) is 0 Å². The maximum absolute atomic E-state index is 13.2. The second kappa shape index (κ2) is 8.59. The molecule has 9 heteroatoms. The molecule has 0 bridgehead atoms. The largest absolute Gasteiger partial charge is 0.457 e. The van der Waals surface area contributed by atoms with E-state index in [4.69, 9.17) is 39.8 Å². The van der Waals surface area contributed by atoms with E-state index >= 15 is 0 Å². The normalized spacial score (nSPS) is 15.5. The quantitative estimate of drug-likeness (QED) is 0.248. The molecule has 0 saturated carbocycles. The highest BCUT2D eigenvalue weighted by Gasteiger charge is 2.35. The number of thiocarbonyl (C=S) groups is 1. The van der Waals surface area contributed by atoms with Crippen molar-refractivity contribution in [3.8, 4) is 11.3 Å². The van der Waals surface area contributed by atoms with Gasteiger partial charge in [0.15, 0.2) is 5.11 Å². The number of hydrogen-bond donors (Lipinski definition) is 1. The number of nitrogens with zero attached hydrogens (tertiary/aromatic N) is 1. The zero-order chi connectivity index (χ0) is 22.3. The predicted molar refractivity (Wildman–Crippen MR) is 129 cm³/mol. The molecule has 0 aliphatic carbocycles. The molecule has 3 aromatic rings. The number of nitrogens with one attached hydrogen (secondary N) is 1. The molecule has 1 aliphatic heterocycles. The number of anilines is 1. The number of carbonyl (C=O) groups is 2. The van der Waals surface area contributed by atoms with Crippen molar-refractivity contribution in [1.82, 2.24) is 5.32 Å². The van der Waals surface area contributed by atoms with Crippen LogP contribution in [0.15, 0.2) is 63.0 Å². The summed E-state index contributed by atoms with van der Waals surface area (Å²) in [6, 6.07) is 13.8. The van der Waals surface area contributed by atoms with Crippen molar-refractivity contribution >= 4 is 80.0 Å². The van der Waals surface area contributed by atoms with E-state index in [9.17, 15) is 9.59 Å². The van der Waals surface area contributed by atoms with Crippen molar-refractivity contribution in [3.05, 3.63) is 79.9 Å². The van der Waals surface area contributed by atoms with Gasteiger partial charge in [0.1, 0.15) is 17.1 Å². The zero-order valence-electron chi connectivity index (χ0n) is 15.9. The topological polar surface area (TPSA) is 62.6 Å². The highest BCUT2D eigenvalue weighted by Crippen LogP contribution is 2.33. The average molecular weight is 536 g/mol. The minimum absolute atomic E-state index is 0.0191. The van der Waals surface area contributed by atoms with Gasteiger partial charge >= 0.3 is 0 Å². The molecule has 1 aliphatic rings. The van der Waals surface area contributed by atoms with Crippen LogP contribution in [-0.2, 0) is 9.59 Å². The summed E-state index contributed by atoms with van der Waals surface area (Å²) in [6.45, 7) is 1.85.